The Balaban J connectivity index is 1.54. The molecule has 0 spiro atoms. The number of carbonyl (C=O) groups is 1. The van der Waals surface area contributed by atoms with Crippen LogP contribution >= 0.6 is 23.1 Å². The van der Waals surface area contributed by atoms with Gasteiger partial charge in [-0.25, -0.2) is 4.98 Å². The van der Waals surface area contributed by atoms with Gasteiger partial charge in [0.25, 0.3) is 5.69 Å². The van der Waals surface area contributed by atoms with Crippen LogP contribution in [0.5, 0.6) is 5.75 Å². The van der Waals surface area contributed by atoms with E-state index in [0.717, 1.165) is 21.2 Å². The summed E-state index contributed by atoms with van der Waals surface area (Å²) < 4.78 is 10.6. The van der Waals surface area contributed by atoms with Gasteiger partial charge in [0.1, 0.15) is 22.6 Å². The molecule has 0 radical (unpaired) electrons. The van der Waals surface area contributed by atoms with E-state index >= 15 is 0 Å². The third-order valence-electron chi connectivity index (χ3n) is 3.92. The number of rotatable bonds is 8. The molecule has 0 aliphatic rings. The SMILES string of the molecule is COc1cccc(-c2nc(COC(=O)C(C)Sc3ccc([N+](=O)[O-])cc3)cs2)c1. The fraction of sp³-hybridized carbons (Fsp3) is 0.200. The molecule has 1 unspecified atom stereocenters. The van der Waals surface area contributed by atoms with Gasteiger partial charge in [0.2, 0.25) is 0 Å². The smallest absolute Gasteiger partial charge is 0.319 e. The third-order valence-corrected chi connectivity index (χ3v) is 5.95. The molecule has 1 atom stereocenters. The largest absolute Gasteiger partial charge is 0.497 e. The molecule has 0 amide bonds. The van der Waals surface area contributed by atoms with E-state index in [1.807, 2.05) is 29.6 Å². The highest BCUT2D eigenvalue weighted by Gasteiger charge is 2.17. The van der Waals surface area contributed by atoms with Gasteiger partial charge < -0.3 is 9.47 Å². The molecule has 150 valence electrons. The predicted octanol–water partition coefficient (Wildman–Crippen LogP) is 4.95. The summed E-state index contributed by atoms with van der Waals surface area (Å²) in [5.74, 6) is 0.382. The van der Waals surface area contributed by atoms with Crippen LogP contribution in [0.4, 0.5) is 5.69 Å². The number of ether oxygens (including phenoxy) is 2. The van der Waals surface area contributed by atoms with E-state index in [1.54, 1.807) is 26.2 Å². The van der Waals surface area contributed by atoms with Crippen molar-refractivity contribution in [3.63, 3.8) is 0 Å². The number of nitro groups is 1. The van der Waals surface area contributed by atoms with Crippen molar-refractivity contribution in [3.8, 4) is 16.3 Å². The lowest BCUT2D eigenvalue weighted by atomic mass is 10.2. The number of hydrogen-bond acceptors (Lipinski definition) is 8. The lowest BCUT2D eigenvalue weighted by Crippen LogP contribution is -2.16. The highest BCUT2D eigenvalue weighted by molar-refractivity contribution is 8.00. The van der Waals surface area contributed by atoms with E-state index in [1.165, 1.54) is 35.2 Å². The maximum Gasteiger partial charge on any atom is 0.319 e. The molecule has 3 aromatic rings. The van der Waals surface area contributed by atoms with Gasteiger partial charge >= 0.3 is 5.97 Å². The van der Waals surface area contributed by atoms with Gasteiger partial charge in [0.05, 0.1) is 17.7 Å². The number of benzene rings is 2. The van der Waals surface area contributed by atoms with E-state index in [0.29, 0.717) is 5.69 Å². The number of non-ortho nitro benzene ring substituents is 1. The predicted molar refractivity (Wildman–Crippen MR) is 112 cm³/mol. The molecule has 0 aliphatic heterocycles. The first kappa shape index (κ1) is 20.8. The second kappa shape index (κ2) is 9.53. The lowest BCUT2D eigenvalue weighted by molar-refractivity contribution is -0.384. The average molecular weight is 431 g/mol. The molecule has 29 heavy (non-hydrogen) atoms. The molecule has 2 aromatic carbocycles. The van der Waals surface area contributed by atoms with Crippen molar-refractivity contribution < 1.29 is 19.2 Å². The molecule has 1 heterocycles. The van der Waals surface area contributed by atoms with Crippen molar-refractivity contribution in [2.45, 2.75) is 23.7 Å². The van der Waals surface area contributed by atoms with Gasteiger partial charge in [-0.1, -0.05) is 12.1 Å². The summed E-state index contributed by atoms with van der Waals surface area (Å²) in [6, 6.07) is 13.7. The van der Waals surface area contributed by atoms with Gasteiger partial charge in [0, 0.05) is 28.0 Å². The van der Waals surface area contributed by atoms with Gasteiger partial charge in [-0.15, -0.1) is 23.1 Å². The molecule has 0 saturated heterocycles. The molecule has 7 nitrogen and oxygen atoms in total. The zero-order valence-electron chi connectivity index (χ0n) is 15.7. The number of esters is 1. The minimum absolute atomic E-state index is 0.0138. The van der Waals surface area contributed by atoms with Crippen molar-refractivity contribution >= 4 is 34.8 Å². The monoisotopic (exact) mass is 430 g/mol. The van der Waals surface area contributed by atoms with Gasteiger partial charge in [0.15, 0.2) is 0 Å². The van der Waals surface area contributed by atoms with E-state index < -0.39 is 10.2 Å². The first-order chi connectivity index (χ1) is 14.0. The second-order valence-electron chi connectivity index (χ2n) is 5.99. The van der Waals surface area contributed by atoms with Crippen LogP contribution < -0.4 is 4.74 Å². The molecule has 0 saturated carbocycles. The maximum atomic E-state index is 12.3. The number of methoxy groups -OCH3 is 1. The van der Waals surface area contributed by atoms with E-state index in [4.69, 9.17) is 9.47 Å². The van der Waals surface area contributed by atoms with Crippen LogP contribution in [0.2, 0.25) is 0 Å². The molecule has 0 N–H and O–H groups in total. The fourth-order valence-electron chi connectivity index (χ4n) is 2.42. The summed E-state index contributed by atoms with van der Waals surface area (Å²) in [5.41, 5.74) is 1.63. The number of hydrogen-bond donors (Lipinski definition) is 0. The number of carbonyl (C=O) groups excluding carboxylic acids is 1. The van der Waals surface area contributed by atoms with Crippen molar-refractivity contribution in [1.29, 1.82) is 0 Å². The standard InChI is InChI=1S/C20H18N2O5S2/c1-13(29-18-8-6-16(7-9-18)22(24)25)20(23)27-11-15-12-28-19(21-15)14-4-3-5-17(10-14)26-2/h3-10,12-13H,11H2,1-2H3. The van der Waals surface area contributed by atoms with Crippen LogP contribution in [0, 0.1) is 10.1 Å². The van der Waals surface area contributed by atoms with Crippen LogP contribution in [0.3, 0.4) is 0 Å². The Morgan fingerprint density at radius 3 is 2.72 bits per heavy atom. The molecular formula is C20H18N2O5S2. The minimum Gasteiger partial charge on any atom is -0.497 e. The molecule has 1 aromatic heterocycles. The molecule has 3 rings (SSSR count). The van der Waals surface area contributed by atoms with Crippen LogP contribution in [-0.4, -0.2) is 28.2 Å². The summed E-state index contributed by atoms with van der Waals surface area (Å²) in [4.78, 5) is 27.8. The lowest BCUT2D eigenvalue weighted by Gasteiger charge is -2.10. The molecule has 0 bridgehead atoms. The number of nitrogens with zero attached hydrogens (tertiary/aromatic N) is 2. The Morgan fingerprint density at radius 1 is 1.28 bits per heavy atom. The number of thiazole rings is 1. The zero-order chi connectivity index (χ0) is 20.8. The van der Waals surface area contributed by atoms with E-state index in [-0.39, 0.29) is 18.3 Å². The second-order valence-corrected chi connectivity index (χ2v) is 8.27. The first-order valence-corrected chi connectivity index (χ1v) is 10.4. The Kier molecular flexibility index (Phi) is 6.84. The first-order valence-electron chi connectivity index (χ1n) is 8.63. The van der Waals surface area contributed by atoms with Crippen molar-refractivity contribution in [2.75, 3.05) is 7.11 Å². The maximum absolute atomic E-state index is 12.3. The van der Waals surface area contributed by atoms with E-state index in [9.17, 15) is 14.9 Å². The molecule has 0 fully saturated rings. The van der Waals surface area contributed by atoms with Gasteiger partial charge in [-0.3, -0.25) is 14.9 Å². The van der Waals surface area contributed by atoms with Crippen LogP contribution in [-0.2, 0) is 16.1 Å². The summed E-state index contributed by atoms with van der Waals surface area (Å²) in [7, 11) is 1.61. The van der Waals surface area contributed by atoms with Crippen molar-refractivity contribution in [3.05, 3.63) is 69.7 Å². The summed E-state index contributed by atoms with van der Waals surface area (Å²) in [6.07, 6.45) is 0. The normalized spacial score (nSPS) is 11.7. The summed E-state index contributed by atoms with van der Waals surface area (Å²) in [6.45, 7) is 1.82. The summed E-state index contributed by atoms with van der Waals surface area (Å²) >= 11 is 2.75. The number of thioether (sulfide) groups is 1. The Labute approximate surface area is 175 Å². The highest BCUT2D eigenvalue weighted by Crippen LogP contribution is 2.28. The van der Waals surface area contributed by atoms with Gasteiger partial charge in [-0.05, 0) is 31.2 Å². The van der Waals surface area contributed by atoms with E-state index in [2.05, 4.69) is 4.98 Å². The summed E-state index contributed by atoms with van der Waals surface area (Å²) in [5, 5.41) is 12.9. The quantitative estimate of drug-likeness (QED) is 0.216. The molecule has 9 heteroatoms. The van der Waals surface area contributed by atoms with Crippen molar-refractivity contribution in [2.24, 2.45) is 0 Å². The Hall–Kier alpha value is -2.91. The number of nitro benzene ring substituents is 1. The average Bonchev–Trinajstić information content (AvgIpc) is 3.21. The van der Waals surface area contributed by atoms with Crippen LogP contribution in [0.15, 0.2) is 58.8 Å². The van der Waals surface area contributed by atoms with Crippen LogP contribution in [0.1, 0.15) is 12.6 Å². The van der Waals surface area contributed by atoms with Crippen LogP contribution in [0.25, 0.3) is 10.6 Å². The minimum atomic E-state index is -0.459. The Bertz CT molecular complexity index is 1000. The number of aromatic nitrogens is 1. The highest BCUT2D eigenvalue weighted by atomic mass is 32.2. The fourth-order valence-corrected chi connectivity index (χ4v) is 4.09. The molecule has 0 aliphatic carbocycles. The van der Waals surface area contributed by atoms with Crippen molar-refractivity contribution in [1.82, 2.24) is 4.98 Å². The zero-order valence-corrected chi connectivity index (χ0v) is 17.4. The molecular weight excluding hydrogens is 412 g/mol. The Morgan fingerprint density at radius 2 is 2.03 bits per heavy atom. The topological polar surface area (TPSA) is 91.6 Å². The third kappa shape index (κ3) is 5.55. The van der Waals surface area contributed by atoms with Gasteiger partial charge in [-0.2, -0.15) is 0 Å².